The number of anilines is 1. The van der Waals surface area contributed by atoms with Gasteiger partial charge in [0.2, 0.25) is 0 Å². The summed E-state index contributed by atoms with van der Waals surface area (Å²) in [6, 6.07) is 7.55. The molecule has 118 valence electrons. The van der Waals surface area contributed by atoms with Crippen LogP contribution in [-0.4, -0.2) is 30.7 Å². The number of hydrogen-bond donors (Lipinski definition) is 2. The molecule has 22 heavy (non-hydrogen) atoms. The van der Waals surface area contributed by atoms with Gasteiger partial charge in [0.15, 0.2) is 5.11 Å². The Morgan fingerprint density at radius 3 is 2.68 bits per heavy atom. The van der Waals surface area contributed by atoms with Crippen molar-refractivity contribution in [3.8, 4) is 0 Å². The zero-order valence-corrected chi connectivity index (χ0v) is 13.9. The second kappa shape index (κ2) is 7.62. The Morgan fingerprint density at radius 2 is 2.09 bits per heavy atom. The Hall–Kier alpha value is -1.57. The van der Waals surface area contributed by atoms with Gasteiger partial charge in [-0.25, -0.2) is 8.78 Å². The molecule has 2 aromatic rings. The third-order valence-corrected chi connectivity index (χ3v) is 4.35. The molecule has 0 bridgehead atoms. The molecule has 0 saturated carbocycles. The van der Waals surface area contributed by atoms with Crippen LogP contribution in [0.5, 0.6) is 0 Å². The maximum absolute atomic E-state index is 13.6. The summed E-state index contributed by atoms with van der Waals surface area (Å²) in [6.07, 6.45) is 0. The van der Waals surface area contributed by atoms with E-state index in [2.05, 4.69) is 21.6 Å². The van der Waals surface area contributed by atoms with Gasteiger partial charge in [-0.05, 0) is 49.9 Å². The Kier molecular flexibility index (Phi) is 5.82. The summed E-state index contributed by atoms with van der Waals surface area (Å²) in [5.41, 5.74) is 0.149. The van der Waals surface area contributed by atoms with Crippen LogP contribution in [0.2, 0.25) is 0 Å². The summed E-state index contributed by atoms with van der Waals surface area (Å²) < 4.78 is 26.4. The van der Waals surface area contributed by atoms with E-state index in [1.54, 1.807) is 11.3 Å². The average Bonchev–Trinajstić information content (AvgIpc) is 2.96. The normalized spacial score (nSPS) is 12.2. The number of hydrogen-bond acceptors (Lipinski definition) is 3. The first-order chi connectivity index (χ1) is 10.5. The van der Waals surface area contributed by atoms with Crippen LogP contribution >= 0.6 is 23.6 Å². The highest BCUT2D eigenvalue weighted by molar-refractivity contribution is 7.80. The predicted octanol–water partition coefficient (Wildman–Crippen LogP) is 3.62. The Labute approximate surface area is 138 Å². The molecule has 3 nitrogen and oxygen atoms in total. The number of halogens is 2. The molecular formula is C15H17F2N3S2. The van der Waals surface area contributed by atoms with Gasteiger partial charge < -0.3 is 15.5 Å². The molecule has 7 heteroatoms. The first-order valence-electron chi connectivity index (χ1n) is 6.67. The smallest absolute Gasteiger partial charge is 0.170 e. The van der Waals surface area contributed by atoms with E-state index in [1.807, 2.05) is 25.5 Å². The molecular weight excluding hydrogens is 324 g/mol. The highest BCUT2D eigenvalue weighted by atomic mass is 32.1. The van der Waals surface area contributed by atoms with Crippen LogP contribution in [0.1, 0.15) is 10.9 Å². The van der Waals surface area contributed by atoms with Crippen LogP contribution in [0, 0.1) is 11.6 Å². The van der Waals surface area contributed by atoms with Crippen molar-refractivity contribution in [2.75, 3.05) is 26.0 Å². The fraction of sp³-hybridized carbons (Fsp3) is 0.267. The molecule has 1 heterocycles. The van der Waals surface area contributed by atoms with Crippen LogP contribution in [0.3, 0.4) is 0 Å². The molecule has 2 rings (SSSR count). The summed E-state index contributed by atoms with van der Waals surface area (Å²) in [5.74, 6) is -1.29. The van der Waals surface area contributed by atoms with Gasteiger partial charge in [-0.1, -0.05) is 6.07 Å². The van der Waals surface area contributed by atoms with E-state index >= 15 is 0 Å². The molecule has 1 aromatic heterocycles. The minimum absolute atomic E-state index is 0.149. The van der Waals surface area contributed by atoms with Crippen molar-refractivity contribution in [3.05, 3.63) is 52.2 Å². The molecule has 0 spiro atoms. The topological polar surface area (TPSA) is 27.3 Å². The summed E-state index contributed by atoms with van der Waals surface area (Å²) in [4.78, 5) is 3.30. The van der Waals surface area contributed by atoms with Gasteiger partial charge in [0.05, 0.1) is 11.7 Å². The highest BCUT2D eigenvalue weighted by Crippen LogP contribution is 2.22. The first kappa shape index (κ1) is 16.8. The van der Waals surface area contributed by atoms with Crippen LogP contribution < -0.4 is 10.6 Å². The number of thiophene rings is 1. The van der Waals surface area contributed by atoms with Crippen molar-refractivity contribution in [1.82, 2.24) is 10.2 Å². The number of likely N-dealkylation sites (N-methyl/N-ethyl adjacent to an activating group) is 1. The lowest BCUT2D eigenvalue weighted by Gasteiger charge is -2.24. The van der Waals surface area contributed by atoms with Crippen molar-refractivity contribution in [2.24, 2.45) is 0 Å². The molecule has 2 N–H and O–H groups in total. The summed E-state index contributed by atoms with van der Waals surface area (Å²) in [5, 5.41) is 8.13. The fourth-order valence-corrected chi connectivity index (χ4v) is 3.08. The zero-order valence-electron chi connectivity index (χ0n) is 12.3. The van der Waals surface area contributed by atoms with Crippen LogP contribution in [-0.2, 0) is 0 Å². The summed E-state index contributed by atoms with van der Waals surface area (Å²) >= 11 is 6.84. The van der Waals surface area contributed by atoms with E-state index in [4.69, 9.17) is 12.2 Å². The van der Waals surface area contributed by atoms with Crippen LogP contribution in [0.25, 0.3) is 0 Å². The van der Waals surface area contributed by atoms with E-state index in [9.17, 15) is 8.78 Å². The fourth-order valence-electron chi connectivity index (χ4n) is 1.97. The van der Waals surface area contributed by atoms with Gasteiger partial charge in [0.25, 0.3) is 0 Å². The molecule has 0 aliphatic rings. The number of benzene rings is 1. The first-order valence-corrected chi connectivity index (χ1v) is 7.96. The van der Waals surface area contributed by atoms with Gasteiger partial charge in [-0.3, -0.25) is 0 Å². The number of nitrogens with zero attached hydrogens (tertiary/aromatic N) is 1. The minimum atomic E-state index is -0.674. The molecule has 0 fully saturated rings. The van der Waals surface area contributed by atoms with Crippen molar-refractivity contribution >= 4 is 34.4 Å². The van der Waals surface area contributed by atoms with E-state index in [0.717, 1.165) is 6.07 Å². The van der Waals surface area contributed by atoms with Gasteiger partial charge in [-0.15, -0.1) is 11.3 Å². The van der Waals surface area contributed by atoms with Gasteiger partial charge in [-0.2, -0.15) is 0 Å². The minimum Gasteiger partial charge on any atom is -0.360 e. The highest BCUT2D eigenvalue weighted by Gasteiger charge is 2.15. The SMILES string of the molecule is CN(C)C(CNC(=S)Nc1ccc(F)cc1F)c1cccs1. The quantitative estimate of drug-likeness (QED) is 0.813. The lowest BCUT2D eigenvalue weighted by molar-refractivity contribution is 0.303. The van der Waals surface area contributed by atoms with Crippen molar-refractivity contribution in [2.45, 2.75) is 6.04 Å². The largest absolute Gasteiger partial charge is 0.360 e. The average molecular weight is 341 g/mol. The van der Waals surface area contributed by atoms with Crippen molar-refractivity contribution in [1.29, 1.82) is 0 Å². The molecule has 0 aliphatic carbocycles. The van der Waals surface area contributed by atoms with Crippen molar-refractivity contribution < 1.29 is 8.78 Å². The van der Waals surface area contributed by atoms with E-state index < -0.39 is 11.6 Å². The molecule has 0 aliphatic heterocycles. The van der Waals surface area contributed by atoms with Gasteiger partial charge in [0.1, 0.15) is 11.6 Å². The van der Waals surface area contributed by atoms with Crippen molar-refractivity contribution in [3.63, 3.8) is 0 Å². The van der Waals surface area contributed by atoms with Crippen LogP contribution in [0.15, 0.2) is 35.7 Å². The third-order valence-electron chi connectivity index (χ3n) is 3.13. The molecule has 1 aromatic carbocycles. The lowest BCUT2D eigenvalue weighted by atomic mass is 10.2. The van der Waals surface area contributed by atoms with Gasteiger partial charge in [0, 0.05) is 17.5 Å². The van der Waals surface area contributed by atoms with E-state index in [1.165, 1.54) is 17.0 Å². The maximum Gasteiger partial charge on any atom is 0.170 e. The maximum atomic E-state index is 13.6. The lowest BCUT2D eigenvalue weighted by Crippen LogP contribution is -2.36. The summed E-state index contributed by atoms with van der Waals surface area (Å²) in [7, 11) is 3.98. The summed E-state index contributed by atoms with van der Waals surface area (Å²) in [6.45, 7) is 0.585. The van der Waals surface area contributed by atoms with Gasteiger partial charge >= 0.3 is 0 Å². The number of rotatable bonds is 5. The monoisotopic (exact) mass is 341 g/mol. The molecule has 1 atom stereocenters. The molecule has 1 unspecified atom stereocenters. The Bertz CT molecular complexity index is 630. The molecule has 0 saturated heterocycles. The number of nitrogens with one attached hydrogen (secondary N) is 2. The standard InChI is InChI=1S/C15H17F2N3S2/c1-20(2)13(14-4-3-7-22-14)9-18-15(21)19-12-6-5-10(16)8-11(12)17/h3-8,13H,9H2,1-2H3,(H2,18,19,21). The second-order valence-corrected chi connectivity index (χ2v) is 6.34. The zero-order chi connectivity index (χ0) is 16.1. The predicted molar refractivity (Wildman–Crippen MR) is 91.3 cm³/mol. The van der Waals surface area contributed by atoms with Crippen LogP contribution in [0.4, 0.5) is 14.5 Å². The third kappa shape index (κ3) is 4.46. The molecule has 0 radical (unpaired) electrons. The number of thiocarbonyl (C=S) groups is 1. The van der Waals surface area contributed by atoms with E-state index in [0.29, 0.717) is 11.7 Å². The molecule has 0 amide bonds. The second-order valence-electron chi connectivity index (χ2n) is 4.95. The van der Waals surface area contributed by atoms with E-state index in [-0.39, 0.29) is 11.7 Å². The Balaban J connectivity index is 1.94. The Morgan fingerprint density at radius 1 is 1.32 bits per heavy atom.